The summed E-state index contributed by atoms with van der Waals surface area (Å²) in [7, 11) is 0. The van der Waals surface area contributed by atoms with Crippen LogP contribution in [0.5, 0.6) is 5.75 Å². The third-order valence-corrected chi connectivity index (χ3v) is 4.58. The number of aliphatic hydroxyl groups is 2. The Bertz CT molecular complexity index is 720. The molecule has 1 rings (SSSR count). The predicted molar refractivity (Wildman–Crippen MR) is 107 cm³/mol. The molecular formula is C22H32O5. The van der Waals surface area contributed by atoms with Crippen LogP contribution in [0.15, 0.2) is 35.4 Å². The fourth-order valence-corrected chi connectivity index (χ4v) is 2.76. The molecule has 0 fully saturated rings. The summed E-state index contributed by atoms with van der Waals surface area (Å²) in [5.74, 6) is -1.13. The van der Waals surface area contributed by atoms with Gasteiger partial charge < -0.3 is 20.4 Å². The van der Waals surface area contributed by atoms with Crippen LogP contribution in [0.2, 0.25) is 0 Å². The van der Waals surface area contributed by atoms with Crippen LogP contribution in [0.25, 0.3) is 0 Å². The van der Waals surface area contributed by atoms with Crippen molar-refractivity contribution in [3.63, 3.8) is 0 Å². The zero-order valence-corrected chi connectivity index (χ0v) is 16.9. The van der Waals surface area contributed by atoms with E-state index in [1.54, 1.807) is 6.92 Å². The molecule has 1 aromatic rings. The predicted octanol–water partition coefficient (Wildman–Crippen LogP) is 4.00. The Morgan fingerprint density at radius 1 is 1.11 bits per heavy atom. The van der Waals surface area contributed by atoms with Gasteiger partial charge in [-0.15, -0.1) is 0 Å². The highest BCUT2D eigenvalue weighted by Gasteiger charge is 2.30. The molecule has 0 aliphatic carbocycles. The van der Waals surface area contributed by atoms with Crippen molar-refractivity contribution in [1.82, 2.24) is 0 Å². The molecule has 0 saturated carbocycles. The third kappa shape index (κ3) is 7.19. The van der Waals surface area contributed by atoms with Crippen molar-refractivity contribution in [3.8, 4) is 5.75 Å². The van der Waals surface area contributed by atoms with E-state index in [0.29, 0.717) is 30.4 Å². The molecule has 4 N–H and O–H groups in total. The van der Waals surface area contributed by atoms with Crippen molar-refractivity contribution >= 4 is 5.97 Å². The Morgan fingerprint density at radius 2 is 1.67 bits per heavy atom. The topological polar surface area (TPSA) is 98.0 Å². The Morgan fingerprint density at radius 3 is 2.19 bits per heavy atom. The average molecular weight is 376 g/mol. The Hall–Kier alpha value is -2.11. The molecule has 0 bridgehead atoms. The molecule has 5 heteroatoms. The second kappa shape index (κ2) is 9.72. The van der Waals surface area contributed by atoms with Gasteiger partial charge in [-0.2, -0.15) is 0 Å². The van der Waals surface area contributed by atoms with Crippen LogP contribution in [-0.4, -0.2) is 38.1 Å². The summed E-state index contributed by atoms with van der Waals surface area (Å²) in [6.07, 6.45) is 4.11. The van der Waals surface area contributed by atoms with Crippen molar-refractivity contribution < 1.29 is 25.2 Å². The third-order valence-electron chi connectivity index (χ3n) is 4.58. The van der Waals surface area contributed by atoms with Gasteiger partial charge in [0.2, 0.25) is 0 Å². The maximum Gasteiger partial charge on any atom is 0.335 e. The van der Waals surface area contributed by atoms with Gasteiger partial charge in [0.05, 0.1) is 17.3 Å². The van der Waals surface area contributed by atoms with Crippen LogP contribution in [-0.2, 0) is 12.8 Å². The maximum absolute atomic E-state index is 11.4. The highest BCUT2D eigenvalue weighted by molar-refractivity contribution is 5.88. The second-order valence-corrected chi connectivity index (χ2v) is 7.83. The van der Waals surface area contributed by atoms with Crippen LogP contribution in [0.4, 0.5) is 0 Å². The minimum absolute atomic E-state index is 0.0309. The molecule has 0 aliphatic rings. The first-order chi connectivity index (χ1) is 12.4. The highest BCUT2D eigenvalue weighted by Crippen LogP contribution is 2.30. The molecule has 0 heterocycles. The van der Waals surface area contributed by atoms with E-state index in [-0.39, 0.29) is 17.7 Å². The number of hydrogen-bond acceptors (Lipinski definition) is 4. The van der Waals surface area contributed by atoms with Crippen LogP contribution in [0, 0.1) is 0 Å². The van der Waals surface area contributed by atoms with E-state index in [1.165, 1.54) is 12.1 Å². The lowest BCUT2D eigenvalue weighted by Gasteiger charge is -2.29. The molecular weight excluding hydrogens is 344 g/mol. The smallest absolute Gasteiger partial charge is 0.335 e. The molecule has 150 valence electrons. The van der Waals surface area contributed by atoms with E-state index in [2.05, 4.69) is 0 Å². The quantitative estimate of drug-likeness (QED) is 0.488. The first-order valence-electron chi connectivity index (χ1n) is 9.19. The van der Waals surface area contributed by atoms with Crippen molar-refractivity contribution in [2.24, 2.45) is 0 Å². The number of carboxylic acids is 1. The summed E-state index contributed by atoms with van der Waals surface area (Å²) >= 11 is 0. The minimum Gasteiger partial charge on any atom is -0.507 e. The first kappa shape index (κ1) is 22.9. The molecule has 0 spiro atoms. The Kier molecular flexibility index (Phi) is 8.25. The van der Waals surface area contributed by atoms with E-state index in [9.17, 15) is 25.2 Å². The van der Waals surface area contributed by atoms with Crippen molar-refractivity contribution in [1.29, 1.82) is 0 Å². The fraction of sp³-hybridized carbons (Fsp3) is 0.500. The SMILES string of the molecule is CC(C)=CCC[C@@](C)(O)[C@H](O)Cc1cc(C(=O)O)cc(CC=C(C)C)c1O. The van der Waals surface area contributed by atoms with Crippen LogP contribution >= 0.6 is 0 Å². The van der Waals surface area contributed by atoms with Gasteiger partial charge in [0.15, 0.2) is 0 Å². The number of rotatable bonds is 9. The van der Waals surface area contributed by atoms with E-state index in [0.717, 1.165) is 11.1 Å². The van der Waals surface area contributed by atoms with E-state index in [4.69, 9.17) is 0 Å². The number of carbonyl (C=O) groups is 1. The number of allylic oxidation sites excluding steroid dienone is 4. The number of aromatic carboxylic acids is 1. The number of hydrogen-bond donors (Lipinski definition) is 4. The van der Waals surface area contributed by atoms with Crippen molar-refractivity contribution in [2.45, 2.75) is 72.0 Å². The van der Waals surface area contributed by atoms with E-state index < -0.39 is 17.7 Å². The van der Waals surface area contributed by atoms with Crippen molar-refractivity contribution in [3.05, 3.63) is 52.1 Å². The molecule has 0 aromatic heterocycles. The minimum atomic E-state index is -1.35. The highest BCUT2D eigenvalue weighted by atomic mass is 16.4. The number of phenolic OH excluding ortho intramolecular Hbond substituents is 1. The maximum atomic E-state index is 11.4. The summed E-state index contributed by atoms with van der Waals surface area (Å²) in [6.45, 7) is 9.33. The Balaban J connectivity index is 3.11. The standard InChI is InChI=1S/C22H32O5/c1-14(2)7-6-10-22(5,27)19(23)13-17-12-18(21(25)26)11-16(20(17)24)9-8-15(3)4/h7-8,11-12,19,23-24,27H,6,9-10,13H2,1-5H3,(H,25,26)/t19-,22-/m1/s1. The zero-order valence-electron chi connectivity index (χ0n) is 16.9. The number of aromatic hydroxyl groups is 1. The normalized spacial score (nSPS) is 14.2. The molecule has 0 saturated heterocycles. The number of carboxylic acid groups (broad SMARTS) is 1. The summed E-state index contributed by atoms with van der Waals surface area (Å²) < 4.78 is 0. The number of benzene rings is 1. The number of aliphatic hydroxyl groups excluding tert-OH is 1. The van der Waals surface area contributed by atoms with Gasteiger partial charge in [-0.05, 0) is 77.1 Å². The summed E-state index contributed by atoms with van der Waals surface area (Å²) in [5, 5.41) is 41.0. The lowest BCUT2D eigenvalue weighted by atomic mass is 9.87. The van der Waals surface area contributed by atoms with Crippen LogP contribution in [0.3, 0.4) is 0 Å². The van der Waals surface area contributed by atoms with E-state index >= 15 is 0 Å². The average Bonchev–Trinajstić information content (AvgIpc) is 2.54. The van der Waals surface area contributed by atoms with Crippen LogP contribution < -0.4 is 0 Å². The summed E-state index contributed by atoms with van der Waals surface area (Å²) in [5.41, 5.74) is 1.70. The molecule has 0 unspecified atom stereocenters. The number of phenols is 1. The summed E-state index contributed by atoms with van der Waals surface area (Å²) in [4.78, 5) is 11.4. The summed E-state index contributed by atoms with van der Waals surface area (Å²) in [6, 6.07) is 2.80. The molecule has 27 heavy (non-hydrogen) atoms. The first-order valence-corrected chi connectivity index (χ1v) is 9.19. The van der Waals surface area contributed by atoms with Gasteiger partial charge in [0.1, 0.15) is 5.75 Å². The van der Waals surface area contributed by atoms with Gasteiger partial charge >= 0.3 is 5.97 Å². The van der Waals surface area contributed by atoms with Crippen molar-refractivity contribution in [2.75, 3.05) is 0 Å². The molecule has 2 atom stereocenters. The van der Waals surface area contributed by atoms with Gasteiger partial charge in [-0.25, -0.2) is 4.79 Å². The molecule has 5 nitrogen and oxygen atoms in total. The van der Waals surface area contributed by atoms with Gasteiger partial charge in [0, 0.05) is 6.42 Å². The monoisotopic (exact) mass is 376 g/mol. The Labute approximate surface area is 161 Å². The zero-order chi connectivity index (χ0) is 20.8. The van der Waals surface area contributed by atoms with E-state index in [1.807, 2.05) is 39.8 Å². The molecule has 0 aliphatic heterocycles. The largest absolute Gasteiger partial charge is 0.507 e. The fourth-order valence-electron chi connectivity index (χ4n) is 2.76. The molecule has 1 aromatic carbocycles. The lowest BCUT2D eigenvalue weighted by Crippen LogP contribution is -2.40. The van der Waals surface area contributed by atoms with Gasteiger partial charge in [0.25, 0.3) is 0 Å². The molecule has 0 radical (unpaired) electrons. The lowest BCUT2D eigenvalue weighted by molar-refractivity contribution is -0.0656. The van der Waals surface area contributed by atoms with Gasteiger partial charge in [-0.1, -0.05) is 23.3 Å². The molecule has 0 amide bonds. The van der Waals surface area contributed by atoms with Crippen LogP contribution in [0.1, 0.15) is 68.9 Å². The van der Waals surface area contributed by atoms with Gasteiger partial charge in [-0.3, -0.25) is 0 Å². The second-order valence-electron chi connectivity index (χ2n) is 7.83.